The summed E-state index contributed by atoms with van der Waals surface area (Å²) in [5.74, 6) is 0.0827. The summed E-state index contributed by atoms with van der Waals surface area (Å²) in [7, 11) is 3.46. The minimum Gasteiger partial charge on any atom is -0.359 e. The lowest BCUT2D eigenvalue weighted by Crippen LogP contribution is -2.22. The molecule has 0 bridgehead atoms. The van der Waals surface area contributed by atoms with Gasteiger partial charge in [-0.3, -0.25) is 4.79 Å². The first-order valence-corrected chi connectivity index (χ1v) is 2.66. The van der Waals surface area contributed by atoms with E-state index in [2.05, 4.69) is 10.6 Å². The Bertz CT molecular complexity index is 72.8. The third-order valence-electron chi connectivity index (χ3n) is 0.881. The number of hydrogen-bond acceptors (Lipinski definition) is 2. The zero-order valence-corrected chi connectivity index (χ0v) is 5.32. The second kappa shape index (κ2) is 4.59. The SMILES string of the molecule is CNCCC(=O)NC. The molecule has 0 aromatic carbocycles. The van der Waals surface area contributed by atoms with Crippen molar-refractivity contribution in [3.05, 3.63) is 0 Å². The molecule has 8 heavy (non-hydrogen) atoms. The molecule has 48 valence electrons. The summed E-state index contributed by atoms with van der Waals surface area (Å²) in [6.07, 6.45) is 0.562. The highest BCUT2D eigenvalue weighted by Gasteiger charge is 1.92. The molecule has 0 radical (unpaired) electrons. The van der Waals surface area contributed by atoms with E-state index in [1.807, 2.05) is 7.05 Å². The maximum Gasteiger partial charge on any atom is 0.221 e. The van der Waals surface area contributed by atoms with Crippen LogP contribution in [0.5, 0.6) is 0 Å². The van der Waals surface area contributed by atoms with Crippen LogP contribution in [0.25, 0.3) is 0 Å². The second-order valence-corrected chi connectivity index (χ2v) is 1.53. The molecule has 0 aliphatic carbocycles. The molecule has 0 fully saturated rings. The Labute approximate surface area is 49.5 Å². The third-order valence-corrected chi connectivity index (χ3v) is 0.881. The van der Waals surface area contributed by atoms with Crippen molar-refractivity contribution in [2.24, 2.45) is 0 Å². The Morgan fingerprint density at radius 3 is 2.50 bits per heavy atom. The van der Waals surface area contributed by atoms with Crippen LogP contribution in [-0.4, -0.2) is 26.5 Å². The lowest BCUT2D eigenvalue weighted by atomic mass is 10.4. The fourth-order valence-corrected chi connectivity index (χ4v) is 0.364. The van der Waals surface area contributed by atoms with Crippen molar-refractivity contribution in [3.63, 3.8) is 0 Å². The average molecular weight is 116 g/mol. The molecule has 0 rings (SSSR count). The topological polar surface area (TPSA) is 41.1 Å². The zero-order chi connectivity index (χ0) is 6.41. The molecule has 0 aliphatic heterocycles. The number of carbonyl (C=O) groups excluding carboxylic acids is 1. The van der Waals surface area contributed by atoms with E-state index in [4.69, 9.17) is 0 Å². The van der Waals surface area contributed by atoms with Gasteiger partial charge < -0.3 is 10.6 Å². The van der Waals surface area contributed by atoms with Gasteiger partial charge in [-0.05, 0) is 7.05 Å². The van der Waals surface area contributed by atoms with Gasteiger partial charge in [-0.2, -0.15) is 0 Å². The molecule has 2 N–H and O–H groups in total. The lowest BCUT2D eigenvalue weighted by molar-refractivity contribution is -0.120. The highest BCUT2D eigenvalue weighted by molar-refractivity contribution is 5.75. The number of hydrogen-bond donors (Lipinski definition) is 2. The number of rotatable bonds is 3. The highest BCUT2D eigenvalue weighted by Crippen LogP contribution is 1.71. The van der Waals surface area contributed by atoms with E-state index in [9.17, 15) is 4.79 Å². The molecule has 0 atom stereocenters. The zero-order valence-electron chi connectivity index (χ0n) is 5.32. The first-order valence-electron chi connectivity index (χ1n) is 2.66. The maximum atomic E-state index is 10.4. The number of nitrogens with one attached hydrogen (secondary N) is 2. The smallest absolute Gasteiger partial charge is 0.221 e. The molecule has 0 spiro atoms. The van der Waals surface area contributed by atoms with Crippen LogP contribution in [-0.2, 0) is 4.79 Å². The minimum atomic E-state index is 0.0827. The molecule has 0 aromatic rings. The largest absolute Gasteiger partial charge is 0.359 e. The van der Waals surface area contributed by atoms with Gasteiger partial charge in [-0.1, -0.05) is 0 Å². The van der Waals surface area contributed by atoms with Gasteiger partial charge in [-0.15, -0.1) is 0 Å². The van der Waals surface area contributed by atoms with Crippen LogP contribution in [0.3, 0.4) is 0 Å². The van der Waals surface area contributed by atoms with Gasteiger partial charge in [0.1, 0.15) is 0 Å². The van der Waals surface area contributed by atoms with Crippen LogP contribution >= 0.6 is 0 Å². The van der Waals surface area contributed by atoms with Crippen molar-refractivity contribution in [2.75, 3.05) is 20.6 Å². The van der Waals surface area contributed by atoms with Gasteiger partial charge in [0.15, 0.2) is 0 Å². The fourth-order valence-electron chi connectivity index (χ4n) is 0.364. The monoisotopic (exact) mass is 116 g/mol. The first kappa shape index (κ1) is 7.43. The molecule has 0 aromatic heterocycles. The van der Waals surface area contributed by atoms with Gasteiger partial charge >= 0.3 is 0 Å². The minimum absolute atomic E-state index is 0.0827. The van der Waals surface area contributed by atoms with Crippen molar-refractivity contribution < 1.29 is 4.79 Å². The molecule has 3 nitrogen and oxygen atoms in total. The van der Waals surface area contributed by atoms with Crippen LogP contribution in [0.15, 0.2) is 0 Å². The van der Waals surface area contributed by atoms with Crippen LogP contribution in [0.2, 0.25) is 0 Å². The molecule has 0 saturated heterocycles. The number of carbonyl (C=O) groups is 1. The molecule has 0 saturated carbocycles. The van der Waals surface area contributed by atoms with E-state index in [1.165, 1.54) is 0 Å². The Morgan fingerprint density at radius 2 is 2.12 bits per heavy atom. The molecule has 3 heteroatoms. The molecular formula is C5H12N2O. The predicted octanol–water partition coefficient (Wildman–Crippen LogP) is -0.658. The summed E-state index contributed by atoms with van der Waals surface area (Å²) in [5, 5.41) is 5.39. The van der Waals surface area contributed by atoms with E-state index in [0.717, 1.165) is 6.54 Å². The van der Waals surface area contributed by atoms with E-state index < -0.39 is 0 Å². The van der Waals surface area contributed by atoms with Gasteiger partial charge in [-0.25, -0.2) is 0 Å². The van der Waals surface area contributed by atoms with E-state index in [0.29, 0.717) is 6.42 Å². The Morgan fingerprint density at radius 1 is 1.50 bits per heavy atom. The summed E-state index contributed by atoms with van der Waals surface area (Å²) in [6.45, 7) is 0.750. The van der Waals surface area contributed by atoms with Crippen LogP contribution in [0.1, 0.15) is 6.42 Å². The summed E-state index contributed by atoms with van der Waals surface area (Å²) in [5.41, 5.74) is 0. The predicted molar refractivity (Wildman–Crippen MR) is 32.6 cm³/mol. The van der Waals surface area contributed by atoms with E-state index in [-0.39, 0.29) is 5.91 Å². The highest BCUT2D eigenvalue weighted by atomic mass is 16.1. The van der Waals surface area contributed by atoms with Crippen molar-refractivity contribution in [1.82, 2.24) is 10.6 Å². The Balaban J connectivity index is 2.99. The van der Waals surface area contributed by atoms with Crippen LogP contribution < -0.4 is 10.6 Å². The normalized spacial score (nSPS) is 8.75. The average Bonchev–Trinajstić information content (AvgIpc) is 1.83. The van der Waals surface area contributed by atoms with E-state index >= 15 is 0 Å². The molecular weight excluding hydrogens is 104 g/mol. The van der Waals surface area contributed by atoms with Crippen molar-refractivity contribution >= 4 is 5.91 Å². The fraction of sp³-hybridized carbons (Fsp3) is 0.800. The first-order chi connectivity index (χ1) is 3.81. The summed E-state index contributed by atoms with van der Waals surface area (Å²) in [6, 6.07) is 0. The van der Waals surface area contributed by atoms with Crippen molar-refractivity contribution in [2.45, 2.75) is 6.42 Å². The summed E-state index contributed by atoms with van der Waals surface area (Å²) in [4.78, 5) is 10.4. The van der Waals surface area contributed by atoms with Gasteiger partial charge in [0.05, 0.1) is 0 Å². The number of amides is 1. The summed E-state index contributed by atoms with van der Waals surface area (Å²) >= 11 is 0. The van der Waals surface area contributed by atoms with Gasteiger partial charge in [0.2, 0.25) is 5.91 Å². The Hall–Kier alpha value is -0.570. The van der Waals surface area contributed by atoms with Crippen LogP contribution in [0, 0.1) is 0 Å². The Kier molecular flexibility index (Phi) is 4.26. The second-order valence-electron chi connectivity index (χ2n) is 1.53. The molecule has 0 unspecified atom stereocenters. The standard InChI is InChI=1S/C5H12N2O/c1-6-4-3-5(8)7-2/h6H,3-4H2,1-2H3,(H,7,8). The van der Waals surface area contributed by atoms with Crippen molar-refractivity contribution in [3.8, 4) is 0 Å². The molecule has 0 heterocycles. The lowest BCUT2D eigenvalue weighted by Gasteiger charge is -1.95. The molecule has 0 aliphatic rings. The van der Waals surface area contributed by atoms with Gasteiger partial charge in [0, 0.05) is 20.0 Å². The quantitative estimate of drug-likeness (QED) is 0.514. The van der Waals surface area contributed by atoms with Crippen LogP contribution in [0.4, 0.5) is 0 Å². The van der Waals surface area contributed by atoms with Gasteiger partial charge in [0.25, 0.3) is 0 Å². The summed E-state index contributed by atoms with van der Waals surface area (Å²) < 4.78 is 0. The maximum absolute atomic E-state index is 10.4. The third kappa shape index (κ3) is 3.61. The van der Waals surface area contributed by atoms with Crippen molar-refractivity contribution in [1.29, 1.82) is 0 Å². The molecule has 1 amide bonds. The van der Waals surface area contributed by atoms with E-state index in [1.54, 1.807) is 7.05 Å².